The van der Waals surface area contributed by atoms with Crippen molar-refractivity contribution in [2.75, 3.05) is 0 Å². The standard InChI is InChI=1S/C10H12O2/c1-4-3-2-6-10(11-6)7(3)5(1)9-8(4)12-9/h3-10H,1-2H2/t3-,4+,5-,6+,7+,8-,9-,10+/m1/s1. The molecule has 0 N–H and O–H groups in total. The van der Waals surface area contributed by atoms with Crippen LogP contribution in [-0.2, 0) is 9.47 Å². The van der Waals surface area contributed by atoms with E-state index in [9.17, 15) is 0 Å². The first-order valence-electron chi connectivity index (χ1n) is 5.24. The first kappa shape index (κ1) is 5.61. The van der Waals surface area contributed by atoms with Gasteiger partial charge >= 0.3 is 0 Å². The summed E-state index contributed by atoms with van der Waals surface area (Å²) in [4.78, 5) is 0. The highest BCUT2D eigenvalue weighted by Crippen LogP contribution is 2.69. The van der Waals surface area contributed by atoms with Gasteiger partial charge in [0.1, 0.15) is 0 Å². The Hall–Kier alpha value is -0.0800. The van der Waals surface area contributed by atoms with Gasteiger partial charge in [-0.3, -0.25) is 0 Å². The van der Waals surface area contributed by atoms with Crippen LogP contribution >= 0.6 is 0 Å². The van der Waals surface area contributed by atoms with Gasteiger partial charge in [0.05, 0.1) is 24.4 Å². The minimum Gasteiger partial charge on any atom is -0.369 e. The van der Waals surface area contributed by atoms with Crippen LogP contribution in [0.4, 0.5) is 0 Å². The molecule has 3 aliphatic carbocycles. The molecule has 0 spiro atoms. The average Bonchev–Trinajstić information content (AvgIpc) is 2.92. The molecule has 2 aliphatic heterocycles. The van der Waals surface area contributed by atoms with E-state index in [0.717, 1.165) is 23.7 Å². The summed E-state index contributed by atoms with van der Waals surface area (Å²) in [5.41, 5.74) is 0. The highest BCUT2D eigenvalue weighted by atomic mass is 16.6. The van der Waals surface area contributed by atoms with E-state index in [2.05, 4.69) is 0 Å². The normalized spacial score (nSPS) is 80.0. The van der Waals surface area contributed by atoms with Crippen LogP contribution in [-0.4, -0.2) is 24.4 Å². The number of hydrogen-bond donors (Lipinski definition) is 0. The monoisotopic (exact) mass is 164 g/mol. The number of hydrogen-bond acceptors (Lipinski definition) is 2. The maximum Gasteiger partial charge on any atom is 0.0876 e. The van der Waals surface area contributed by atoms with Gasteiger partial charge in [0, 0.05) is 0 Å². The van der Waals surface area contributed by atoms with Crippen LogP contribution in [0, 0.1) is 23.7 Å². The molecule has 0 amide bonds. The van der Waals surface area contributed by atoms with Crippen molar-refractivity contribution in [1.82, 2.24) is 0 Å². The smallest absolute Gasteiger partial charge is 0.0876 e. The van der Waals surface area contributed by atoms with E-state index in [0.29, 0.717) is 24.4 Å². The quantitative estimate of drug-likeness (QED) is 0.495. The van der Waals surface area contributed by atoms with Crippen molar-refractivity contribution < 1.29 is 9.47 Å². The second kappa shape index (κ2) is 1.38. The molecular formula is C10H12O2. The van der Waals surface area contributed by atoms with Gasteiger partial charge in [-0.05, 0) is 36.5 Å². The van der Waals surface area contributed by atoms with Gasteiger partial charge in [0.25, 0.3) is 0 Å². The molecule has 0 aromatic carbocycles. The minimum atomic E-state index is 0.676. The first-order valence-corrected chi connectivity index (χ1v) is 5.24. The highest BCUT2D eigenvalue weighted by molar-refractivity contribution is 5.21. The maximum atomic E-state index is 5.69. The van der Waals surface area contributed by atoms with Crippen molar-refractivity contribution in [3.63, 3.8) is 0 Å². The van der Waals surface area contributed by atoms with E-state index in [1.807, 2.05) is 0 Å². The Morgan fingerprint density at radius 2 is 1.67 bits per heavy atom. The van der Waals surface area contributed by atoms with Gasteiger partial charge in [-0.2, -0.15) is 0 Å². The van der Waals surface area contributed by atoms with Crippen LogP contribution in [0.25, 0.3) is 0 Å². The number of epoxide rings is 2. The third-order valence-electron chi connectivity index (χ3n) is 4.99. The summed E-state index contributed by atoms with van der Waals surface area (Å²) in [5, 5.41) is 0. The molecule has 2 saturated heterocycles. The lowest BCUT2D eigenvalue weighted by Crippen LogP contribution is -2.27. The molecule has 5 fully saturated rings. The van der Waals surface area contributed by atoms with Gasteiger partial charge in [0.2, 0.25) is 0 Å². The third kappa shape index (κ3) is 0.409. The summed E-state index contributed by atoms with van der Waals surface area (Å²) in [7, 11) is 0. The van der Waals surface area contributed by atoms with Crippen LogP contribution in [0.5, 0.6) is 0 Å². The molecule has 3 saturated carbocycles. The van der Waals surface area contributed by atoms with Gasteiger partial charge < -0.3 is 9.47 Å². The molecule has 5 aliphatic rings. The highest BCUT2D eigenvalue weighted by Gasteiger charge is 2.74. The zero-order chi connectivity index (χ0) is 7.45. The molecule has 5 rings (SSSR count). The Bertz CT molecular complexity index is 273. The molecule has 0 aromatic heterocycles. The lowest BCUT2D eigenvalue weighted by atomic mass is 9.81. The van der Waals surface area contributed by atoms with E-state index in [-0.39, 0.29) is 0 Å². The zero-order valence-corrected chi connectivity index (χ0v) is 6.85. The fourth-order valence-corrected chi connectivity index (χ4v) is 4.58. The predicted octanol–water partition coefficient (Wildman–Crippen LogP) is 0.807. The Balaban J connectivity index is 1.66. The summed E-state index contributed by atoms with van der Waals surface area (Å²) in [6.45, 7) is 0. The molecule has 8 atom stereocenters. The van der Waals surface area contributed by atoms with Crippen molar-refractivity contribution in [3.8, 4) is 0 Å². The first-order chi connectivity index (χ1) is 5.93. The Morgan fingerprint density at radius 3 is 2.67 bits per heavy atom. The Kier molecular flexibility index (Phi) is 0.644. The fraction of sp³-hybridized carbons (Fsp3) is 1.00. The van der Waals surface area contributed by atoms with Gasteiger partial charge in [-0.15, -0.1) is 0 Å². The van der Waals surface area contributed by atoms with Crippen molar-refractivity contribution in [1.29, 1.82) is 0 Å². The molecule has 0 unspecified atom stereocenters. The minimum absolute atomic E-state index is 0.676. The summed E-state index contributed by atoms with van der Waals surface area (Å²) in [6.07, 6.45) is 5.58. The molecule has 0 aromatic rings. The van der Waals surface area contributed by atoms with Crippen molar-refractivity contribution in [2.45, 2.75) is 37.3 Å². The second-order valence-electron chi connectivity index (χ2n) is 5.24. The molecule has 2 heteroatoms. The SMILES string of the molecule is C1[C@H]2[C@H]3C[C@@H]4O[C@@H]4[C@@H]3[C@@H]1[C@H]1O[C@H]21. The van der Waals surface area contributed by atoms with E-state index >= 15 is 0 Å². The summed E-state index contributed by atoms with van der Waals surface area (Å²) < 4.78 is 11.3. The number of fused-ring (bicyclic) bond motifs is 10. The van der Waals surface area contributed by atoms with E-state index in [4.69, 9.17) is 9.47 Å². The molecule has 2 heterocycles. The predicted molar refractivity (Wildman–Crippen MR) is 40.5 cm³/mol. The van der Waals surface area contributed by atoms with Crippen molar-refractivity contribution >= 4 is 0 Å². The number of ether oxygens (including phenoxy) is 2. The van der Waals surface area contributed by atoms with Crippen LogP contribution in [0.1, 0.15) is 12.8 Å². The zero-order valence-electron chi connectivity index (χ0n) is 6.85. The number of rotatable bonds is 0. The topological polar surface area (TPSA) is 25.1 Å². The van der Waals surface area contributed by atoms with E-state index in [1.165, 1.54) is 12.8 Å². The van der Waals surface area contributed by atoms with Gasteiger partial charge in [0.15, 0.2) is 0 Å². The van der Waals surface area contributed by atoms with E-state index < -0.39 is 0 Å². The van der Waals surface area contributed by atoms with Crippen LogP contribution in [0.3, 0.4) is 0 Å². The molecular weight excluding hydrogens is 152 g/mol. The average molecular weight is 164 g/mol. The third-order valence-corrected chi connectivity index (χ3v) is 4.99. The molecule has 64 valence electrons. The largest absolute Gasteiger partial charge is 0.369 e. The lowest BCUT2D eigenvalue weighted by molar-refractivity contribution is 0.162. The molecule has 0 radical (unpaired) electrons. The Morgan fingerprint density at radius 1 is 0.750 bits per heavy atom. The van der Waals surface area contributed by atoms with Crippen LogP contribution in [0.2, 0.25) is 0 Å². The summed E-state index contributed by atoms with van der Waals surface area (Å²) in [5.74, 6) is 3.77. The van der Waals surface area contributed by atoms with Crippen LogP contribution in [0.15, 0.2) is 0 Å². The molecule has 12 heavy (non-hydrogen) atoms. The molecule has 2 bridgehead atoms. The lowest BCUT2D eigenvalue weighted by Gasteiger charge is -2.22. The van der Waals surface area contributed by atoms with Crippen molar-refractivity contribution in [3.05, 3.63) is 0 Å². The molecule has 2 nitrogen and oxygen atoms in total. The van der Waals surface area contributed by atoms with Gasteiger partial charge in [-0.1, -0.05) is 0 Å². The van der Waals surface area contributed by atoms with E-state index in [1.54, 1.807) is 0 Å². The second-order valence-corrected chi connectivity index (χ2v) is 5.24. The maximum absolute atomic E-state index is 5.69. The van der Waals surface area contributed by atoms with Crippen molar-refractivity contribution in [2.24, 2.45) is 23.7 Å². The Labute approximate surface area is 71.2 Å². The van der Waals surface area contributed by atoms with Crippen LogP contribution < -0.4 is 0 Å². The fourth-order valence-electron chi connectivity index (χ4n) is 4.58. The summed E-state index contributed by atoms with van der Waals surface area (Å²) in [6, 6.07) is 0. The summed E-state index contributed by atoms with van der Waals surface area (Å²) >= 11 is 0. The van der Waals surface area contributed by atoms with Gasteiger partial charge in [-0.25, -0.2) is 0 Å².